The van der Waals surface area contributed by atoms with Gasteiger partial charge in [0.05, 0.1) is 16.8 Å². The third-order valence-corrected chi connectivity index (χ3v) is 4.53. The van der Waals surface area contributed by atoms with Gasteiger partial charge in [0.1, 0.15) is 11.5 Å². The third-order valence-electron chi connectivity index (χ3n) is 4.53. The Morgan fingerprint density at radius 2 is 1.38 bits per heavy atom. The van der Waals surface area contributed by atoms with E-state index in [1.165, 1.54) is 0 Å². The van der Waals surface area contributed by atoms with Crippen molar-refractivity contribution in [3.8, 4) is 17.2 Å². The molecule has 4 rings (SSSR count). The molecule has 5 nitrogen and oxygen atoms in total. The number of nitrogen functional groups attached to an aromatic ring is 1. The van der Waals surface area contributed by atoms with Gasteiger partial charge in [0, 0.05) is 16.7 Å². The van der Waals surface area contributed by atoms with Crippen LogP contribution in [0.4, 0.5) is 5.69 Å². The normalized spacial score (nSPS) is 12.5. The number of phenols is 1. The van der Waals surface area contributed by atoms with Crippen LogP contribution in [0.25, 0.3) is 0 Å². The molecule has 3 aromatic rings. The minimum Gasteiger partial charge on any atom is -0.507 e. The number of rotatable bonds is 2. The van der Waals surface area contributed by atoms with Gasteiger partial charge in [0.25, 0.3) is 0 Å². The second kappa shape index (κ2) is 5.74. The standard InChI is InChI=1S/C21H15NO4/c1-11-18(23)16-15(17(22)21(11)26-12-7-3-2-4-8-12)19(24)13-9-5-6-10-14(13)20(16)25/h2-10,23H,22H2,1H3. The van der Waals surface area contributed by atoms with Crippen LogP contribution in [0, 0.1) is 6.92 Å². The van der Waals surface area contributed by atoms with Gasteiger partial charge in [0.15, 0.2) is 17.3 Å². The maximum atomic E-state index is 12.9. The number of ketones is 2. The van der Waals surface area contributed by atoms with Gasteiger partial charge in [-0.05, 0) is 19.1 Å². The molecule has 128 valence electrons. The van der Waals surface area contributed by atoms with Crippen LogP contribution in [-0.2, 0) is 0 Å². The number of carbonyl (C=O) groups excluding carboxylic acids is 2. The molecule has 0 heterocycles. The lowest BCUT2D eigenvalue weighted by Crippen LogP contribution is -2.23. The Labute approximate surface area is 149 Å². The molecular formula is C21H15NO4. The van der Waals surface area contributed by atoms with Crippen LogP contribution in [0.2, 0.25) is 0 Å². The molecule has 0 aliphatic heterocycles. The highest BCUT2D eigenvalue weighted by Gasteiger charge is 2.36. The van der Waals surface area contributed by atoms with Gasteiger partial charge >= 0.3 is 0 Å². The van der Waals surface area contributed by atoms with Crippen molar-refractivity contribution >= 4 is 17.3 Å². The minimum absolute atomic E-state index is 0.0114. The summed E-state index contributed by atoms with van der Waals surface area (Å²) in [6, 6.07) is 15.4. The first-order valence-corrected chi connectivity index (χ1v) is 8.07. The molecule has 0 saturated heterocycles. The van der Waals surface area contributed by atoms with Crippen LogP contribution in [0.15, 0.2) is 54.6 Å². The molecule has 3 aromatic carbocycles. The van der Waals surface area contributed by atoms with E-state index < -0.39 is 11.6 Å². The summed E-state index contributed by atoms with van der Waals surface area (Å²) in [5, 5.41) is 10.6. The van der Waals surface area contributed by atoms with Gasteiger partial charge in [-0.15, -0.1) is 0 Å². The molecule has 0 radical (unpaired) electrons. The number of benzene rings is 3. The van der Waals surface area contributed by atoms with E-state index in [1.807, 2.05) is 6.07 Å². The van der Waals surface area contributed by atoms with Gasteiger partial charge in [0.2, 0.25) is 0 Å². The second-order valence-corrected chi connectivity index (χ2v) is 6.09. The van der Waals surface area contributed by atoms with Crippen molar-refractivity contribution in [3.63, 3.8) is 0 Å². The Kier molecular flexibility index (Phi) is 3.51. The maximum absolute atomic E-state index is 12.9. The van der Waals surface area contributed by atoms with Crippen molar-refractivity contribution in [2.75, 3.05) is 5.73 Å². The number of anilines is 1. The Bertz CT molecular complexity index is 1070. The predicted molar refractivity (Wildman–Crippen MR) is 97.1 cm³/mol. The van der Waals surface area contributed by atoms with Crippen molar-refractivity contribution in [1.29, 1.82) is 0 Å². The van der Waals surface area contributed by atoms with Crippen LogP contribution in [0.5, 0.6) is 17.2 Å². The van der Waals surface area contributed by atoms with Crippen LogP contribution < -0.4 is 10.5 Å². The van der Waals surface area contributed by atoms with E-state index in [4.69, 9.17) is 10.5 Å². The number of fused-ring (bicyclic) bond motifs is 2. The molecule has 0 spiro atoms. The average Bonchev–Trinajstić information content (AvgIpc) is 2.67. The Balaban J connectivity index is 1.96. The first kappa shape index (κ1) is 15.9. The van der Waals surface area contributed by atoms with E-state index in [9.17, 15) is 14.7 Å². The molecule has 0 unspecified atom stereocenters. The summed E-state index contributed by atoms with van der Waals surface area (Å²) in [6.45, 7) is 1.60. The van der Waals surface area contributed by atoms with Gasteiger partial charge < -0.3 is 15.6 Å². The fourth-order valence-electron chi connectivity index (χ4n) is 3.21. The molecular weight excluding hydrogens is 330 g/mol. The summed E-state index contributed by atoms with van der Waals surface area (Å²) >= 11 is 0. The lowest BCUT2D eigenvalue weighted by molar-refractivity contribution is 0.0977. The van der Waals surface area contributed by atoms with Gasteiger partial charge in [-0.3, -0.25) is 9.59 Å². The van der Waals surface area contributed by atoms with Crippen LogP contribution in [0.3, 0.4) is 0 Å². The SMILES string of the molecule is Cc1c(O)c2c(c(N)c1Oc1ccccc1)C(=O)c1ccccc1C2=O. The molecule has 5 heteroatoms. The highest BCUT2D eigenvalue weighted by molar-refractivity contribution is 6.31. The van der Waals surface area contributed by atoms with E-state index in [-0.39, 0.29) is 39.4 Å². The van der Waals surface area contributed by atoms with Crippen LogP contribution >= 0.6 is 0 Å². The first-order chi connectivity index (χ1) is 12.5. The van der Waals surface area contributed by atoms with Crippen molar-refractivity contribution in [1.82, 2.24) is 0 Å². The number of aromatic hydroxyl groups is 1. The number of hydrogen-bond donors (Lipinski definition) is 2. The zero-order chi connectivity index (χ0) is 18.4. The molecule has 0 fully saturated rings. The zero-order valence-electron chi connectivity index (χ0n) is 13.9. The van der Waals surface area contributed by atoms with Crippen LogP contribution in [-0.4, -0.2) is 16.7 Å². The summed E-state index contributed by atoms with van der Waals surface area (Å²) in [5.74, 6) is -0.424. The van der Waals surface area contributed by atoms with E-state index in [0.29, 0.717) is 11.3 Å². The van der Waals surface area contributed by atoms with E-state index >= 15 is 0 Å². The average molecular weight is 345 g/mol. The first-order valence-electron chi connectivity index (χ1n) is 8.07. The zero-order valence-corrected chi connectivity index (χ0v) is 13.9. The molecule has 0 atom stereocenters. The van der Waals surface area contributed by atoms with Crippen molar-refractivity contribution in [3.05, 3.63) is 82.4 Å². The highest BCUT2D eigenvalue weighted by atomic mass is 16.5. The molecule has 3 N–H and O–H groups in total. The number of nitrogens with two attached hydrogens (primary N) is 1. The maximum Gasteiger partial charge on any atom is 0.198 e. The van der Waals surface area contributed by atoms with E-state index in [1.54, 1.807) is 55.5 Å². The molecule has 26 heavy (non-hydrogen) atoms. The fraction of sp³-hybridized carbons (Fsp3) is 0.0476. The molecule has 1 aliphatic carbocycles. The lowest BCUT2D eigenvalue weighted by Gasteiger charge is -2.23. The Morgan fingerprint density at radius 1 is 0.846 bits per heavy atom. The number of para-hydroxylation sites is 1. The topological polar surface area (TPSA) is 89.6 Å². The molecule has 0 bridgehead atoms. The van der Waals surface area contributed by atoms with Gasteiger partial charge in [-0.25, -0.2) is 0 Å². The fourth-order valence-corrected chi connectivity index (χ4v) is 3.21. The predicted octanol–water partition coefficient (Wildman–Crippen LogP) is 3.85. The van der Waals surface area contributed by atoms with Crippen molar-refractivity contribution in [2.24, 2.45) is 0 Å². The summed E-state index contributed by atoms with van der Waals surface area (Å²) < 4.78 is 5.81. The lowest BCUT2D eigenvalue weighted by atomic mass is 9.81. The number of carbonyl (C=O) groups is 2. The molecule has 0 aromatic heterocycles. The van der Waals surface area contributed by atoms with Crippen molar-refractivity contribution in [2.45, 2.75) is 6.92 Å². The summed E-state index contributed by atoms with van der Waals surface area (Å²) in [5.41, 5.74) is 7.03. The smallest absolute Gasteiger partial charge is 0.198 e. The number of hydrogen-bond acceptors (Lipinski definition) is 5. The Morgan fingerprint density at radius 3 is 2.00 bits per heavy atom. The molecule has 0 amide bonds. The minimum atomic E-state index is -0.422. The highest BCUT2D eigenvalue weighted by Crippen LogP contribution is 2.45. The molecule has 0 saturated carbocycles. The van der Waals surface area contributed by atoms with Gasteiger partial charge in [-0.1, -0.05) is 42.5 Å². The number of ether oxygens (including phenoxy) is 1. The Hall–Kier alpha value is -3.60. The van der Waals surface area contributed by atoms with Gasteiger partial charge in [-0.2, -0.15) is 0 Å². The second-order valence-electron chi connectivity index (χ2n) is 6.09. The number of phenolic OH excluding ortho intramolecular Hbond substituents is 1. The summed E-state index contributed by atoms with van der Waals surface area (Å²) in [7, 11) is 0. The summed E-state index contributed by atoms with van der Waals surface area (Å²) in [6.07, 6.45) is 0. The third kappa shape index (κ3) is 2.18. The van der Waals surface area contributed by atoms with Crippen molar-refractivity contribution < 1.29 is 19.4 Å². The summed E-state index contributed by atoms with van der Waals surface area (Å²) in [4.78, 5) is 25.8. The largest absolute Gasteiger partial charge is 0.507 e. The van der Waals surface area contributed by atoms with E-state index in [2.05, 4.69) is 0 Å². The van der Waals surface area contributed by atoms with Crippen LogP contribution in [0.1, 0.15) is 37.4 Å². The molecule has 1 aliphatic rings. The monoisotopic (exact) mass is 345 g/mol. The van der Waals surface area contributed by atoms with E-state index in [0.717, 1.165) is 0 Å². The quantitative estimate of drug-likeness (QED) is 0.425.